The topological polar surface area (TPSA) is 52.6 Å². The molecule has 0 atom stereocenters. The van der Waals surface area contributed by atoms with Gasteiger partial charge in [0.2, 0.25) is 5.91 Å². The van der Waals surface area contributed by atoms with Gasteiger partial charge < -0.3 is 10.4 Å². The van der Waals surface area contributed by atoms with Crippen LogP contribution in [0, 0.1) is 5.82 Å². The van der Waals surface area contributed by atoms with Gasteiger partial charge in [0.25, 0.3) is 0 Å². The number of carbonyl (C=O) groups is 1. The van der Waals surface area contributed by atoms with Gasteiger partial charge in [-0.05, 0) is 26.3 Å². The first kappa shape index (κ1) is 16.6. The summed E-state index contributed by atoms with van der Waals surface area (Å²) in [6, 6.07) is 6.62. The smallest absolute Gasteiger partial charge is 0.234 e. The van der Waals surface area contributed by atoms with Gasteiger partial charge in [-0.1, -0.05) is 18.2 Å². The molecule has 0 saturated carbocycles. The molecule has 0 radical (unpaired) electrons. The van der Waals surface area contributed by atoms with Crippen LogP contribution in [0.4, 0.5) is 4.39 Å². The molecule has 0 aliphatic carbocycles. The van der Waals surface area contributed by atoms with Gasteiger partial charge in [-0.2, -0.15) is 0 Å². The first-order valence-electron chi connectivity index (χ1n) is 6.89. The molecule has 1 aromatic carbocycles. The van der Waals surface area contributed by atoms with E-state index in [1.807, 2.05) is 18.7 Å². The Kier molecular flexibility index (Phi) is 7.18. The minimum absolute atomic E-state index is 0.111. The zero-order valence-corrected chi connectivity index (χ0v) is 12.1. The van der Waals surface area contributed by atoms with Crippen LogP contribution in [-0.4, -0.2) is 41.7 Å². The van der Waals surface area contributed by atoms with Crippen LogP contribution in [0.3, 0.4) is 0 Å². The number of nitrogens with one attached hydrogen (secondary N) is 1. The predicted molar refractivity (Wildman–Crippen MR) is 76.7 cm³/mol. The third kappa shape index (κ3) is 5.67. The van der Waals surface area contributed by atoms with Crippen molar-refractivity contribution in [3.8, 4) is 0 Å². The maximum atomic E-state index is 13.4. The number of hydrogen-bond donors (Lipinski definition) is 2. The summed E-state index contributed by atoms with van der Waals surface area (Å²) < 4.78 is 13.4. The van der Waals surface area contributed by atoms with Crippen molar-refractivity contribution in [2.24, 2.45) is 0 Å². The molecule has 0 aromatic heterocycles. The Labute approximate surface area is 119 Å². The molecule has 1 rings (SSSR count). The quantitative estimate of drug-likeness (QED) is 0.760. The Morgan fingerprint density at radius 1 is 1.40 bits per heavy atom. The molecule has 0 aliphatic rings. The molecule has 4 nitrogen and oxygen atoms in total. The fourth-order valence-electron chi connectivity index (χ4n) is 1.87. The Balaban J connectivity index is 2.44. The lowest BCUT2D eigenvalue weighted by atomic mass is 10.2. The molecule has 0 saturated heterocycles. The Morgan fingerprint density at radius 3 is 2.70 bits per heavy atom. The Hall–Kier alpha value is -1.46. The highest BCUT2D eigenvalue weighted by Crippen LogP contribution is 2.05. The van der Waals surface area contributed by atoms with Gasteiger partial charge in [-0.15, -0.1) is 0 Å². The van der Waals surface area contributed by atoms with Crippen LogP contribution >= 0.6 is 0 Å². The highest BCUT2D eigenvalue weighted by Gasteiger charge is 2.13. The van der Waals surface area contributed by atoms with E-state index in [0.717, 1.165) is 0 Å². The van der Waals surface area contributed by atoms with E-state index in [-0.39, 0.29) is 37.5 Å². The summed E-state index contributed by atoms with van der Waals surface area (Å²) in [7, 11) is 0. The minimum Gasteiger partial charge on any atom is -0.396 e. The van der Waals surface area contributed by atoms with Gasteiger partial charge in [0.1, 0.15) is 5.82 Å². The van der Waals surface area contributed by atoms with E-state index < -0.39 is 0 Å². The van der Waals surface area contributed by atoms with Crippen molar-refractivity contribution < 1.29 is 14.3 Å². The van der Waals surface area contributed by atoms with E-state index in [2.05, 4.69) is 5.32 Å². The number of carbonyl (C=O) groups excluding carboxylic acids is 1. The molecular weight excluding hydrogens is 259 g/mol. The molecule has 5 heteroatoms. The standard InChI is InChI=1S/C15H23FN2O2/c1-12(2)18(8-5-9-19)11-15(20)17-10-13-6-3-4-7-14(13)16/h3-4,6-7,12,19H,5,8-11H2,1-2H3,(H,17,20). The molecule has 112 valence electrons. The third-order valence-corrected chi connectivity index (χ3v) is 3.11. The van der Waals surface area contributed by atoms with Gasteiger partial charge in [0.15, 0.2) is 0 Å². The fraction of sp³-hybridized carbons (Fsp3) is 0.533. The highest BCUT2D eigenvalue weighted by molar-refractivity contribution is 5.78. The van der Waals surface area contributed by atoms with Crippen LogP contribution in [0.25, 0.3) is 0 Å². The van der Waals surface area contributed by atoms with Crippen LogP contribution in [0.15, 0.2) is 24.3 Å². The van der Waals surface area contributed by atoms with E-state index >= 15 is 0 Å². The van der Waals surface area contributed by atoms with Crippen LogP contribution < -0.4 is 5.32 Å². The molecule has 0 bridgehead atoms. The van der Waals surface area contributed by atoms with Crippen LogP contribution in [-0.2, 0) is 11.3 Å². The SMILES string of the molecule is CC(C)N(CCCO)CC(=O)NCc1ccccc1F. The van der Waals surface area contributed by atoms with Gasteiger partial charge in [-0.25, -0.2) is 4.39 Å². The molecule has 20 heavy (non-hydrogen) atoms. The number of aliphatic hydroxyl groups is 1. The molecule has 2 N–H and O–H groups in total. The maximum Gasteiger partial charge on any atom is 0.234 e. The van der Waals surface area contributed by atoms with Crippen LogP contribution in [0.1, 0.15) is 25.8 Å². The van der Waals surface area contributed by atoms with E-state index in [0.29, 0.717) is 18.5 Å². The Morgan fingerprint density at radius 2 is 2.10 bits per heavy atom. The minimum atomic E-state index is -0.311. The number of nitrogens with zero attached hydrogens (tertiary/aromatic N) is 1. The molecule has 0 aliphatic heterocycles. The van der Waals surface area contributed by atoms with Crippen molar-refractivity contribution in [2.75, 3.05) is 19.7 Å². The van der Waals surface area contributed by atoms with Gasteiger partial charge in [0.05, 0.1) is 6.54 Å². The van der Waals surface area contributed by atoms with Gasteiger partial charge in [0, 0.05) is 31.3 Å². The summed E-state index contributed by atoms with van der Waals surface area (Å²) >= 11 is 0. The third-order valence-electron chi connectivity index (χ3n) is 3.11. The molecule has 0 spiro atoms. The molecule has 1 amide bonds. The summed E-state index contributed by atoms with van der Waals surface area (Å²) in [5.74, 6) is -0.450. The van der Waals surface area contributed by atoms with Crippen LogP contribution in [0.5, 0.6) is 0 Å². The lowest BCUT2D eigenvalue weighted by Crippen LogP contribution is -2.41. The van der Waals surface area contributed by atoms with Crippen LogP contribution in [0.2, 0.25) is 0 Å². The fourth-order valence-corrected chi connectivity index (χ4v) is 1.87. The Bertz CT molecular complexity index is 424. The first-order chi connectivity index (χ1) is 9.54. The molecule has 1 aromatic rings. The predicted octanol–water partition coefficient (Wildman–Crippen LogP) is 1.53. The molecule has 0 unspecified atom stereocenters. The largest absolute Gasteiger partial charge is 0.396 e. The van der Waals surface area contributed by atoms with Crippen molar-refractivity contribution in [3.05, 3.63) is 35.6 Å². The highest BCUT2D eigenvalue weighted by atomic mass is 19.1. The van der Waals surface area contributed by atoms with Crippen molar-refractivity contribution >= 4 is 5.91 Å². The monoisotopic (exact) mass is 282 g/mol. The van der Waals surface area contributed by atoms with Crippen molar-refractivity contribution in [2.45, 2.75) is 32.9 Å². The summed E-state index contributed by atoms with van der Waals surface area (Å²) in [4.78, 5) is 13.8. The normalized spacial score (nSPS) is 11.1. The number of benzene rings is 1. The van der Waals surface area contributed by atoms with E-state index in [1.165, 1.54) is 6.07 Å². The zero-order chi connectivity index (χ0) is 15.0. The second-order valence-electron chi connectivity index (χ2n) is 5.01. The lowest BCUT2D eigenvalue weighted by Gasteiger charge is -2.25. The van der Waals surface area contributed by atoms with Crippen molar-refractivity contribution in [1.29, 1.82) is 0 Å². The summed E-state index contributed by atoms with van der Waals surface area (Å²) in [6.45, 7) is 5.23. The van der Waals surface area contributed by atoms with Gasteiger partial charge in [-0.3, -0.25) is 9.69 Å². The second kappa shape index (κ2) is 8.66. The zero-order valence-electron chi connectivity index (χ0n) is 12.1. The molecular formula is C15H23FN2O2. The summed E-state index contributed by atoms with van der Waals surface area (Å²) in [6.07, 6.45) is 0.638. The van der Waals surface area contributed by atoms with Gasteiger partial charge >= 0.3 is 0 Å². The molecule has 0 fully saturated rings. The summed E-state index contributed by atoms with van der Waals surface area (Å²) in [5.41, 5.74) is 0.479. The number of hydrogen-bond acceptors (Lipinski definition) is 3. The molecule has 0 heterocycles. The van der Waals surface area contributed by atoms with Crippen molar-refractivity contribution in [1.82, 2.24) is 10.2 Å². The number of halogens is 1. The first-order valence-corrected chi connectivity index (χ1v) is 6.89. The average Bonchev–Trinajstić information content (AvgIpc) is 2.42. The van der Waals surface area contributed by atoms with E-state index in [9.17, 15) is 9.18 Å². The van der Waals surface area contributed by atoms with Crippen molar-refractivity contribution in [3.63, 3.8) is 0 Å². The van der Waals surface area contributed by atoms with E-state index in [1.54, 1.807) is 18.2 Å². The average molecular weight is 282 g/mol. The number of rotatable bonds is 8. The lowest BCUT2D eigenvalue weighted by molar-refractivity contribution is -0.122. The second-order valence-corrected chi connectivity index (χ2v) is 5.01. The number of amides is 1. The number of aliphatic hydroxyl groups excluding tert-OH is 1. The summed E-state index contributed by atoms with van der Waals surface area (Å²) in [5, 5.41) is 11.6. The van der Waals surface area contributed by atoms with E-state index in [4.69, 9.17) is 5.11 Å². The maximum absolute atomic E-state index is 13.4.